The van der Waals surface area contributed by atoms with E-state index in [-0.39, 0.29) is 0 Å². The van der Waals surface area contributed by atoms with Gasteiger partial charge in [0.05, 0.1) is 0 Å². The van der Waals surface area contributed by atoms with E-state index in [4.69, 9.17) is 8.83 Å². The summed E-state index contributed by atoms with van der Waals surface area (Å²) in [6.07, 6.45) is 3.05. The molecular weight excluding hydrogens is 263 g/mol. The van der Waals surface area contributed by atoms with Crippen molar-refractivity contribution in [3.8, 4) is 0 Å². The SMILES string of the molecule is [O]=[Sn]([c]1ccco1)[c]1ccco1. The molecule has 60 valence electrons. The Bertz CT molecular complexity index is 325. The molecule has 12 heavy (non-hydrogen) atoms. The van der Waals surface area contributed by atoms with Crippen molar-refractivity contribution >= 4 is 27.3 Å². The molecule has 0 aliphatic heterocycles. The molecule has 0 aliphatic carbocycles. The monoisotopic (exact) mass is 270 g/mol. The molecule has 0 aliphatic rings. The fraction of sp³-hybridized carbons (Fsp3) is 0. The van der Waals surface area contributed by atoms with Gasteiger partial charge in [-0.05, 0) is 0 Å². The standard InChI is InChI=1S/2C4H3O.O.Sn/c2*1-2-4-5-3-1;;/h2*1-3H;;. The van der Waals surface area contributed by atoms with Crippen molar-refractivity contribution in [2.75, 3.05) is 0 Å². The van der Waals surface area contributed by atoms with Crippen molar-refractivity contribution in [3.63, 3.8) is 0 Å². The maximum absolute atomic E-state index is 11.7. The van der Waals surface area contributed by atoms with Crippen LogP contribution in [-0.4, -0.2) is 19.7 Å². The van der Waals surface area contributed by atoms with Crippen LogP contribution in [0, 0.1) is 0 Å². The third-order valence-corrected chi connectivity index (χ3v) is 5.67. The van der Waals surface area contributed by atoms with Gasteiger partial charge in [0.2, 0.25) is 0 Å². The van der Waals surface area contributed by atoms with E-state index >= 15 is 0 Å². The van der Waals surface area contributed by atoms with Crippen LogP contribution in [0.3, 0.4) is 0 Å². The first-order chi connectivity index (χ1) is 5.88. The summed E-state index contributed by atoms with van der Waals surface area (Å²) < 4.78 is 22.9. The van der Waals surface area contributed by atoms with E-state index in [1.807, 2.05) is 0 Å². The molecule has 0 radical (unpaired) electrons. The van der Waals surface area contributed by atoms with Gasteiger partial charge in [-0.15, -0.1) is 0 Å². The van der Waals surface area contributed by atoms with E-state index < -0.39 is 19.7 Å². The van der Waals surface area contributed by atoms with Gasteiger partial charge in [-0.1, -0.05) is 0 Å². The molecule has 0 fully saturated rings. The molecule has 2 heterocycles. The number of hydrogen-bond donors (Lipinski definition) is 0. The second kappa shape index (κ2) is 3.26. The van der Waals surface area contributed by atoms with Crippen LogP contribution in [0.5, 0.6) is 0 Å². The third-order valence-electron chi connectivity index (χ3n) is 1.49. The van der Waals surface area contributed by atoms with Crippen molar-refractivity contribution in [1.29, 1.82) is 0 Å². The van der Waals surface area contributed by atoms with Crippen LogP contribution in [0.25, 0.3) is 0 Å². The van der Waals surface area contributed by atoms with Crippen LogP contribution in [0.1, 0.15) is 0 Å². The van der Waals surface area contributed by atoms with Gasteiger partial charge in [0.25, 0.3) is 0 Å². The second-order valence-electron chi connectivity index (χ2n) is 2.28. The van der Waals surface area contributed by atoms with Crippen LogP contribution in [0.4, 0.5) is 0 Å². The molecule has 0 saturated carbocycles. The summed E-state index contributed by atoms with van der Waals surface area (Å²) in [6, 6.07) is 6.92. The number of hydrogen-bond acceptors (Lipinski definition) is 3. The average Bonchev–Trinajstić information content (AvgIpc) is 2.77. The molecule has 4 heteroatoms. The molecule has 0 bridgehead atoms. The van der Waals surface area contributed by atoms with E-state index in [0.717, 1.165) is 0 Å². The Morgan fingerprint density at radius 3 is 1.83 bits per heavy atom. The van der Waals surface area contributed by atoms with E-state index in [0.29, 0.717) is 7.55 Å². The predicted molar refractivity (Wildman–Crippen MR) is 43.1 cm³/mol. The van der Waals surface area contributed by atoms with Crippen molar-refractivity contribution < 1.29 is 11.9 Å². The van der Waals surface area contributed by atoms with E-state index in [9.17, 15) is 3.08 Å². The summed E-state index contributed by atoms with van der Waals surface area (Å²) in [6.45, 7) is 0. The van der Waals surface area contributed by atoms with E-state index in [2.05, 4.69) is 0 Å². The number of furan rings is 2. The summed E-state index contributed by atoms with van der Waals surface area (Å²) in [4.78, 5) is 0. The van der Waals surface area contributed by atoms with Gasteiger partial charge in [-0.25, -0.2) is 0 Å². The third kappa shape index (κ3) is 1.36. The second-order valence-corrected chi connectivity index (χ2v) is 6.98. The molecule has 0 spiro atoms. The molecule has 0 amide bonds. The molecule has 0 saturated heterocycles. The van der Waals surface area contributed by atoms with Crippen molar-refractivity contribution in [1.82, 2.24) is 0 Å². The summed E-state index contributed by atoms with van der Waals surface area (Å²) in [5.41, 5.74) is 0. The zero-order chi connectivity index (χ0) is 8.39. The van der Waals surface area contributed by atoms with Gasteiger partial charge in [0, 0.05) is 0 Å². The predicted octanol–water partition coefficient (Wildman–Crippen LogP) is 0.409. The Balaban J connectivity index is 2.34. The Morgan fingerprint density at radius 2 is 1.50 bits per heavy atom. The Kier molecular flexibility index (Phi) is 2.12. The van der Waals surface area contributed by atoms with Crippen LogP contribution in [-0.2, 0) is 3.08 Å². The summed E-state index contributed by atoms with van der Waals surface area (Å²) in [5.74, 6) is 0. The molecule has 0 N–H and O–H groups in total. The zero-order valence-electron chi connectivity index (χ0n) is 6.19. The maximum atomic E-state index is 11.7. The molecular formula is C8H6O3Sn. The van der Waals surface area contributed by atoms with Gasteiger partial charge < -0.3 is 0 Å². The van der Waals surface area contributed by atoms with Crippen molar-refractivity contribution in [2.24, 2.45) is 0 Å². The number of rotatable bonds is 2. The van der Waals surface area contributed by atoms with Gasteiger partial charge in [0.15, 0.2) is 0 Å². The molecule has 2 rings (SSSR count). The van der Waals surface area contributed by atoms with E-state index in [1.54, 1.807) is 24.3 Å². The van der Waals surface area contributed by atoms with Gasteiger partial charge >= 0.3 is 76.0 Å². The van der Waals surface area contributed by atoms with Crippen molar-refractivity contribution in [3.05, 3.63) is 36.8 Å². The van der Waals surface area contributed by atoms with Crippen LogP contribution in [0.2, 0.25) is 0 Å². The summed E-state index contributed by atoms with van der Waals surface area (Å²) in [7, 11) is 0. The van der Waals surface area contributed by atoms with Crippen LogP contribution >= 0.6 is 0 Å². The average molecular weight is 269 g/mol. The summed E-state index contributed by atoms with van der Waals surface area (Å²) >= 11 is -2.97. The van der Waals surface area contributed by atoms with Crippen LogP contribution < -0.4 is 7.55 Å². The van der Waals surface area contributed by atoms with Gasteiger partial charge in [-0.2, -0.15) is 0 Å². The molecule has 0 unspecified atom stereocenters. The normalized spacial score (nSPS) is 10.0. The first-order valence-corrected chi connectivity index (χ1v) is 7.51. The van der Waals surface area contributed by atoms with E-state index in [1.165, 1.54) is 12.5 Å². The first-order valence-electron chi connectivity index (χ1n) is 3.49. The minimum absolute atomic E-state index is 0.576. The zero-order valence-corrected chi connectivity index (χ0v) is 9.04. The molecule has 2 aromatic rings. The van der Waals surface area contributed by atoms with Crippen LogP contribution in [0.15, 0.2) is 45.6 Å². The molecule has 0 atom stereocenters. The molecule has 0 aromatic carbocycles. The van der Waals surface area contributed by atoms with Gasteiger partial charge in [0.1, 0.15) is 0 Å². The summed E-state index contributed by atoms with van der Waals surface area (Å²) in [5, 5.41) is 0. The fourth-order valence-corrected chi connectivity index (χ4v) is 4.04. The van der Waals surface area contributed by atoms with Gasteiger partial charge in [-0.3, -0.25) is 0 Å². The molecule has 3 nitrogen and oxygen atoms in total. The minimum atomic E-state index is -2.97. The fourth-order valence-electron chi connectivity index (χ4n) is 0.937. The Morgan fingerprint density at radius 1 is 1.00 bits per heavy atom. The Labute approximate surface area is 76.1 Å². The Hall–Kier alpha value is -0.841. The topological polar surface area (TPSA) is 43.4 Å². The quantitative estimate of drug-likeness (QED) is 0.741. The molecule has 2 aromatic heterocycles. The first kappa shape index (κ1) is 7.79. The van der Waals surface area contributed by atoms with Crippen molar-refractivity contribution in [2.45, 2.75) is 0 Å².